The van der Waals surface area contributed by atoms with Crippen molar-refractivity contribution in [3.8, 4) is 0 Å². The Kier molecular flexibility index (Phi) is 18.9. The highest BCUT2D eigenvalue weighted by molar-refractivity contribution is 7.99. The highest BCUT2D eigenvalue weighted by Gasteiger charge is 2.37. The summed E-state index contributed by atoms with van der Waals surface area (Å²) in [7, 11) is 0. The second-order valence-electron chi connectivity index (χ2n) is 13.2. The molecule has 0 saturated heterocycles. The van der Waals surface area contributed by atoms with E-state index >= 15 is 0 Å². The van der Waals surface area contributed by atoms with Crippen molar-refractivity contribution in [3.05, 3.63) is 35.7 Å². The van der Waals surface area contributed by atoms with Crippen molar-refractivity contribution in [1.29, 1.82) is 0 Å². The van der Waals surface area contributed by atoms with E-state index < -0.39 is 81.6 Å². The van der Waals surface area contributed by atoms with Gasteiger partial charge in [0.25, 0.3) is 0 Å². The maximum Gasteiger partial charge on any atom is 0.221 e. The van der Waals surface area contributed by atoms with Crippen LogP contribution in [0.4, 0.5) is 0 Å². The maximum absolute atomic E-state index is 13.4. The van der Waals surface area contributed by atoms with Gasteiger partial charge in [-0.2, -0.15) is 11.8 Å². The Morgan fingerprint density at radius 2 is 0.927 bits per heavy atom. The number of aliphatic hydroxyl groups is 9. The fraction of sp³-hybridized carbons (Fsp3) is 0.774. The van der Waals surface area contributed by atoms with Gasteiger partial charge in [0.2, 0.25) is 5.91 Å². The Hall–Kier alpha value is -3.24. The van der Waals surface area contributed by atoms with E-state index in [9.17, 15) is 50.8 Å². The molecular formula is C31H54N10O13S. The summed E-state index contributed by atoms with van der Waals surface area (Å²) in [5.74, 6) is 1.08. The lowest BCUT2D eigenvalue weighted by atomic mass is 10.0. The van der Waals surface area contributed by atoms with Gasteiger partial charge in [0.1, 0.15) is 39.2 Å². The van der Waals surface area contributed by atoms with Crippen LogP contribution in [0.1, 0.15) is 36.8 Å². The van der Waals surface area contributed by atoms with E-state index in [2.05, 4.69) is 36.3 Å². The third-order valence-corrected chi connectivity index (χ3v) is 10.0. The van der Waals surface area contributed by atoms with E-state index in [1.807, 2.05) is 6.92 Å². The van der Waals surface area contributed by atoms with E-state index in [0.29, 0.717) is 5.75 Å². The largest absolute Gasteiger partial charge is 0.394 e. The van der Waals surface area contributed by atoms with Crippen LogP contribution in [0.25, 0.3) is 0 Å². The molecule has 3 aromatic heterocycles. The van der Waals surface area contributed by atoms with Crippen molar-refractivity contribution >= 4 is 17.7 Å². The number of hydrogen-bond acceptors (Lipinski definition) is 20. The summed E-state index contributed by atoms with van der Waals surface area (Å²) in [6.07, 6.45) is 5.28. The summed E-state index contributed by atoms with van der Waals surface area (Å²) in [5, 5.41) is 115. The van der Waals surface area contributed by atoms with E-state index in [4.69, 9.17) is 14.2 Å². The molecule has 0 spiro atoms. The van der Waals surface area contributed by atoms with Crippen LogP contribution >= 0.6 is 11.8 Å². The van der Waals surface area contributed by atoms with Crippen LogP contribution in [-0.4, -0.2) is 193 Å². The first-order valence-corrected chi connectivity index (χ1v) is 18.6. The average molecular weight is 807 g/mol. The van der Waals surface area contributed by atoms with Crippen LogP contribution in [0.3, 0.4) is 0 Å². The molecule has 23 nitrogen and oxygen atoms in total. The van der Waals surface area contributed by atoms with E-state index in [1.54, 1.807) is 11.8 Å². The molecule has 0 radical (unpaired) electrons. The minimum absolute atomic E-state index is 0.159. The Bertz CT molecular complexity index is 1350. The number of carbonyl (C=O) groups excluding carboxylic acids is 1. The van der Waals surface area contributed by atoms with Gasteiger partial charge in [0, 0.05) is 12.2 Å². The van der Waals surface area contributed by atoms with Crippen molar-refractivity contribution in [2.45, 2.75) is 61.7 Å². The van der Waals surface area contributed by atoms with E-state index in [-0.39, 0.29) is 69.1 Å². The fourth-order valence-corrected chi connectivity index (χ4v) is 5.77. The topological polar surface area (TPSA) is 331 Å². The molecule has 0 unspecified atom stereocenters. The Balaban J connectivity index is 1.87. The van der Waals surface area contributed by atoms with Crippen molar-refractivity contribution in [1.82, 2.24) is 50.3 Å². The zero-order chi connectivity index (χ0) is 40.4. The predicted molar refractivity (Wildman–Crippen MR) is 190 cm³/mol. The van der Waals surface area contributed by atoms with Crippen LogP contribution in [0, 0.1) is 0 Å². The molecule has 0 aliphatic heterocycles. The lowest BCUT2D eigenvalue weighted by molar-refractivity contribution is -0.128. The summed E-state index contributed by atoms with van der Waals surface area (Å²) >= 11 is 1.61. The van der Waals surface area contributed by atoms with Gasteiger partial charge in [-0.05, 0) is 12.2 Å². The molecule has 1 amide bonds. The van der Waals surface area contributed by atoms with Gasteiger partial charge in [-0.25, -0.2) is 14.0 Å². The summed E-state index contributed by atoms with van der Waals surface area (Å²) in [4.78, 5) is 13.4. The van der Waals surface area contributed by atoms with Crippen molar-refractivity contribution in [2.24, 2.45) is 0 Å². The smallest absolute Gasteiger partial charge is 0.221 e. The van der Waals surface area contributed by atoms with Crippen LogP contribution in [0.15, 0.2) is 18.6 Å². The van der Waals surface area contributed by atoms with Crippen molar-refractivity contribution in [2.75, 3.05) is 90.8 Å². The second-order valence-corrected chi connectivity index (χ2v) is 14.5. The van der Waals surface area contributed by atoms with Gasteiger partial charge >= 0.3 is 0 Å². The number of nitrogens with one attached hydrogen (secondary N) is 1. The predicted octanol–water partition coefficient (Wildman–Crippen LogP) is -5.18. The summed E-state index contributed by atoms with van der Waals surface area (Å²) in [5.41, 5.74) is -5.07. The highest BCUT2D eigenvalue weighted by atomic mass is 32.2. The first-order chi connectivity index (χ1) is 26.6. The SMILES string of the molecule is CCCSCCC(=O)NC(COCc1cn(C(CO)(CO)CO)nn1)(COCc1cn(C(CO)(CO)CO)nn1)COCc1cn(C(CO)(CO)CO)nn1. The number of rotatable bonds is 30. The molecular weight excluding hydrogens is 752 g/mol. The zero-order valence-corrected chi connectivity index (χ0v) is 31.6. The number of amides is 1. The lowest BCUT2D eigenvalue weighted by Crippen LogP contribution is -2.58. The van der Waals surface area contributed by atoms with Crippen LogP contribution in [0.2, 0.25) is 0 Å². The first-order valence-electron chi connectivity index (χ1n) is 17.4. The minimum atomic E-state index is -1.50. The van der Waals surface area contributed by atoms with Gasteiger partial charge in [-0.1, -0.05) is 22.6 Å². The number of nitrogens with zero attached hydrogens (tertiary/aromatic N) is 9. The molecule has 24 heteroatoms. The van der Waals surface area contributed by atoms with Gasteiger partial charge in [0.15, 0.2) is 0 Å². The standard InChI is InChI=1S/C31H54N10O13S/c1-2-4-55-5-3-27(51)32-28(21-52-9-24-6-39(36-33-24)29(12-42,13-43)14-44,22-53-10-25-7-40(37-34-25)30(15-45,16-46)17-47)23-54-11-26-8-41(38-35-26)31(18-48,19-49)20-50/h6-8,42-50H,2-5,9-23H2,1H3,(H,32,51). The second kappa shape index (κ2) is 22.5. The quantitative estimate of drug-likeness (QED) is 0.0282. The molecule has 0 aromatic carbocycles. The Morgan fingerprint density at radius 3 is 1.22 bits per heavy atom. The van der Waals surface area contributed by atoms with Crippen LogP contribution in [-0.2, 0) is 55.4 Å². The third kappa shape index (κ3) is 11.9. The normalized spacial score (nSPS) is 12.8. The molecule has 3 heterocycles. The monoisotopic (exact) mass is 806 g/mol. The van der Waals surface area contributed by atoms with E-state index in [0.717, 1.165) is 26.2 Å². The molecule has 0 saturated carbocycles. The summed E-state index contributed by atoms with van der Waals surface area (Å²) < 4.78 is 21.5. The molecule has 0 atom stereocenters. The Morgan fingerprint density at radius 1 is 0.600 bits per heavy atom. The molecule has 312 valence electrons. The molecule has 55 heavy (non-hydrogen) atoms. The van der Waals surface area contributed by atoms with Crippen LogP contribution in [0.5, 0.6) is 0 Å². The number of aromatic nitrogens is 9. The lowest BCUT2D eigenvalue weighted by Gasteiger charge is -2.34. The van der Waals surface area contributed by atoms with Crippen molar-refractivity contribution in [3.63, 3.8) is 0 Å². The molecule has 0 bridgehead atoms. The minimum Gasteiger partial charge on any atom is -0.394 e. The van der Waals surface area contributed by atoms with E-state index in [1.165, 1.54) is 18.6 Å². The molecule has 3 aromatic rings. The van der Waals surface area contributed by atoms with Gasteiger partial charge in [-0.3, -0.25) is 4.79 Å². The number of carbonyl (C=O) groups is 1. The van der Waals surface area contributed by atoms with Crippen LogP contribution < -0.4 is 5.32 Å². The maximum atomic E-state index is 13.4. The number of ether oxygens (including phenoxy) is 3. The van der Waals surface area contributed by atoms with Gasteiger partial charge in [-0.15, -0.1) is 15.3 Å². The highest BCUT2D eigenvalue weighted by Crippen LogP contribution is 2.19. The Labute approximate surface area is 320 Å². The zero-order valence-electron chi connectivity index (χ0n) is 30.8. The summed E-state index contributed by atoms with van der Waals surface area (Å²) in [6, 6.07) is 0. The molecule has 3 rings (SSSR count). The van der Waals surface area contributed by atoms with Gasteiger partial charge < -0.3 is 65.5 Å². The summed E-state index contributed by atoms with van der Waals surface area (Å²) in [6.45, 7) is -4.67. The van der Waals surface area contributed by atoms with Gasteiger partial charge in [0.05, 0.1) is 118 Å². The molecule has 10 N–H and O–H groups in total. The first kappa shape index (κ1) is 46.1. The average Bonchev–Trinajstić information content (AvgIpc) is 4.00. The molecule has 0 aliphatic rings. The van der Waals surface area contributed by atoms with Crippen molar-refractivity contribution < 1.29 is 65.0 Å². The molecule has 0 fully saturated rings. The third-order valence-electron chi connectivity index (χ3n) is 8.84. The number of aliphatic hydroxyl groups excluding tert-OH is 9. The molecule has 0 aliphatic carbocycles. The number of thioether (sulfide) groups is 1. The fourth-order valence-electron chi connectivity index (χ4n) is 4.95. The number of hydrogen-bond donors (Lipinski definition) is 10.